The molecule has 2 unspecified atom stereocenters. The Labute approximate surface area is 146 Å². The van der Waals surface area contributed by atoms with E-state index in [1.165, 1.54) is 7.11 Å². The van der Waals surface area contributed by atoms with Gasteiger partial charge in [-0.25, -0.2) is 4.79 Å². The van der Waals surface area contributed by atoms with E-state index in [2.05, 4.69) is 5.32 Å². The number of carbonyl (C=O) groups is 3. The monoisotopic (exact) mass is 349 g/mol. The van der Waals surface area contributed by atoms with E-state index < -0.39 is 23.8 Å². The van der Waals surface area contributed by atoms with E-state index in [4.69, 9.17) is 9.47 Å². The van der Waals surface area contributed by atoms with Crippen LogP contribution >= 0.6 is 0 Å². The van der Waals surface area contributed by atoms with Gasteiger partial charge in [0.15, 0.2) is 0 Å². The van der Waals surface area contributed by atoms with Crippen LogP contribution in [-0.4, -0.2) is 43.3 Å². The zero-order chi connectivity index (χ0) is 18.2. The highest BCUT2D eigenvalue weighted by molar-refractivity contribution is 5.96. The fraction of sp³-hybridized carbons (Fsp3) is 0.500. The van der Waals surface area contributed by atoms with Crippen LogP contribution in [0.3, 0.4) is 0 Å². The highest BCUT2D eigenvalue weighted by Gasteiger charge is 2.35. The minimum atomic E-state index is -0.922. The second-order valence-electron chi connectivity index (χ2n) is 6.03. The van der Waals surface area contributed by atoms with Crippen molar-refractivity contribution in [2.45, 2.75) is 25.7 Å². The average molecular weight is 349 g/mol. The number of rotatable bonds is 7. The predicted octanol–water partition coefficient (Wildman–Crippen LogP) is 2.32. The summed E-state index contributed by atoms with van der Waals surface area (Å²) in [7, 11) is 1.52. The largest absolute Gasteiger partial charge is 0.481 e. The molecule has 0 aliphatic heterocycles. The van der Waals surface area contributed by atoms with Crippen molar-refractivity contribution in [2.24, 2.45) is 11.8 Å². The van der Waals surface area contributed by atoms with Gasteiger partial charge in [-0.05, 0) is 37.1 Å². The van der Waals surface area contributed by atoms with Crippen LogP contribution in [0.5, 0.6) is 0 Å². The Morgan fingerprint density at radius 1 is 1.08 bits per heavy atom. The highest BCUT2D eigenvalue weighted by Crippen LogP contribution is 2.31. The van der Waals surface area contributed by atoms with Crippen LogP contribution in [0, 0.1) is 11.8 Å². The summed E-state index contributed by atoms with van der Waals surface area (Å²) >= 11 is 0. The standard InChI is InChI=1S/C18H23NO6/c1-24-10-11-25-18(23)12-6-8-13(9-7-12)19-16(20)14-4-2-3-5-15(14)17(21)22/h6-9,14-15H,2-5,10-11H2,1H3,(H,19,20)(H,21,22). The number of methoxy groups -OCH3 is 1. The van der Waals surface area contributed by atoms with E-state index in [-0.39, 0.29) is 12.5 Å². The Hall–Kier alpha value is -2.41. The number of anilines is 1. The van der Waals surface area contributed by atoms with Gasteiger partial charge in [0.05, 0.1) is 24.0 Å². The van der Waals surface area contributed by atoms with Crippen molar-refractivity contribution in [2.75, 3.05) is 25.6 Å². The summed E-state index contributed by atoms with van der Waals surface area (Å²) in [6.07, 6.45) is 2.79. The van der Waals surface area contributed by atoms with Crippen molar-refractivity contribution >= 4 is 23.5 Å². The average Bonchev–Trinajstić information content (AvgIpc) is 2.62. The van der Waals surface area contributed by atoms with Crippen LogP contribution in [0.15, 0.2) is 24.3 Å². The van der Waals surface area contributed by atoms with Crippen LogP contribution < -0.4 is 5.32 Å². The molecule has 2 atom stereocenters. The summed E-state index contributed by atoms with van der Waals surface area (Å²) in [6.45, 7) is 0.498. The van der Waals surface area contributed by atoms with E-state index >= 15 is 0 Å². The van der Waals surface area contributed by atoms with Crippen LogP contribution in [0.25, 0.3) is 0 Å². The van der Waals surface area contributed by atoms with E-state index in [0.29, 0.717) is 30.7 Å². The third-order valence-electron chi connectivity index (χ3n) is 4.33. The molecule has 1 saturated carbocycles. The second-order valence-corrected chi connectivity index (χ2v) is 6.03. The molecule has 1 aliphatic carbocycles. The lowest BCUT2D eigenvalue weighted by Crippen LogP contribution is -2.36. The number of aliphatic carboxylic acids is 1. The van der Waals surface area contributed by atoms with E-state index in [1.807, 2.05) is 0 Å². The topological polar surface area (TPSA) is 102 Å². The number of ether oxygens (including phenoxy) is 2. The maximum atomic E-state index is 12.4. The molecule has 1 aliphatic rings. The van der Waals surface area contributed by atoms with Crippen LogP contribution in [0.1, 0.15) is 36.0 Å². The molecular formula is C18H23NO6. The van der Waals surface area contributed by atoms with E-state index in [9.17, 15) is 19.5 Å². The number of carboxylic acids is 1. The smallest absolute Gasteiger partial charge is 0.338 e. The molecule has 25 heavy (non-hydrogen) atoms. The number of hydrogen-bond acceptors (Lipinski definition) is 5. The number of hydrogen-bond donors (Lipinski definition) is 2. The molecule has 0 heterocycles. The maximum absolute atomic E-state index is 12.4. The van der Waals surface area contributed by atoms with Gasteiger partial charge in [-0.2, -0.15) is 0 Å². The normalized spacial score (nSPS) is 19.9. The van der Waals surface area contributed by atoms with Crippen molar-refractivity contribution in [3.8, 4) is 0 Å². The Morgan fingerprint density at radius 3 is 2.32 bits per heavy atom. The van der Waals surface area contributed by atoms with Crippen molar-refractivity contribution in [3.63, 3.8) is 0 Å². The molecule has 1 amide bonds. The molecule has 1 fully saturated rings. The highest BCUT2D eigenvalue weighted by atomic mass is 16.6. The molecular weight excluding hydrogens is 326 g/mol. The molecule has 0 spiro atoms. The second kappa shape index (κ2) is 9.17. The Balaban J connectivity index is 1.94. The summed E-state index contributed by atoms with van der Waals surface area (Å²) in [6, 6.07) is 6.31. The lowest BCUT2D eigenvalue weighted by atomic mass is 9.78. The first-order chi connectivity index (χ1) is 12.0. The number of carbonyl (C=O) groups excluding carboxylic acids is 2. The zero-order valence-corrected chi connectivity index (χ0v) is 14.2. The third-order valence-corrected chi connectivity index (χ3v) is 4.33. The molecule has 7 nitrogen and oxygen atoms in total. The van der Waals surface area contributed by atoms with E-state index in [0.717, 1.165) is 12.8 Å². The van der Waals surface area contributed by atoms with Gasteiger partial charge < -0.3 is 19.9 Å². The van der Waals surface area contributed by atoms with Gasteiger partial charge in [-0.1, -0.05) is 12.8 Å². The van der Waals surface area contributed by atoms with Crippen molar-refractivity contribution in [1.82, 2.24) is 0 Å². The molecule has 0 bridgehead atoms. The first kappa shape index (κ1) is 18.9. The summed E-state index contributed by atoms with van der Waals surface area (Å²) in [5, 5.41) is 12.0. The number of amides is 1. The van der Waals surface area contributed by atoms with Crippen LogP contribution in [0.2, 0.25) is 0 Å². The van der Waals surface area contributed by atoms with Gasteiger partial charge in [0.2, 0.25) is 5.91 Å². The molecule has 0 saturated heterocycles. The number of esters is 1. The van der Waals surface area contributed by atoms with Gasteiger partial charge in [-0.15, -0.1) is 0 Å². The Morgan fingerprint density at radius 2 is 1.72 bits per heavy atom. The first-order valence-electron chi connectivity index (χ1n) is 8.32. The minimum Gasteiger partial charge on any atom is -0.481 e. The summed E-state index contributed by atoms with van der Waals surface area (Å²) in [5.41, 5.74) is 0.892. The third kappa shape index (κ3) is 5.29. The van der Waals surface area contributed by atoms with Crippen molar-refractivity contribution in [3.05, 3.63) is 29.8 Å². The number of nitrogens with one attached hydrogen (secondary N) is 1. The lowest BCUT2D eigenvalue weighted by molar-refractivity contribution is -0.147. The van der Waals surface area contributed by atoms with Gasteiger partial charge in [0.25, 0.3) is 0 Å². The van der Waals surface area contributed by atoms with Gasteiger partial charge >= 0.3 is 11.9 Å². The minimum absolute atomic E-state index is 0.173. The van der Waals surface area contributed by atoms with Crippen LogP contribution in [-0.2, 0) is 19.1 Å². The lowest BCUT2D eigenvalue weighted by Gasteiger charge is -2.27. The molecule has 2 N–H and O–H groups in total. The number of benzene rings is 1. The SMILES string of the molecule is COCCOC(=O)c1ccc(NC(=O)C2CCCCC2C(=O)O)cc1. The fourth-order valence-corrected chi connectivity index (χ4v) is 2.97. The molecule has 7 heteroatoms. The van der Waals surface area contributed by atoms with Crippen molar-refractivity contribution in [1.29, 1.82) is 0 Å². The molecule has 2 rings (SSSR count). The fourth-order valence-electron chi connectivity index (χ4n) is 2.97. The van der Waals surface area contributed by atoms with E-state index in [1.54, 1.807) is 24.3 Å². The van der Waals surface area contributed by atoms with Gasteiger partial charge in [0, 0.05) is 12.8 Å². The van der Waals surface area contributed by atoms with Gasteiger partial charge in [-0.3, -0.25) is 9.59 Å². The molecule has 0 radical (unpaired) electrons. The quantitative estimate of drug-likeness (QED) is 0.578. The predicted molar refractivity (Wildman–Crippen MR) is 90.3 cm³/mol. The maximum Gasteiger partial charge on any atom is 0.338 e. The molecule has 136 valence electrons. The van der Waals surface area contributed by atoms with Gasteiger partial charge in [0.1, 0.15) is 6.61 Å². The summed E-state index contributed by atoms with van der Waals surface area (Å²) < 4.78 is 9.82. The molecule has 1 aromatic rings. The molecule has 1 aromatic carbocycles. The molecule has 0 aromatic heterocycles. The Kier molecular flexibility index (Phi) is 6.94. The first-order valence-corrected chi connectivity index (χ1v) is 8.32. The number of carboxylic acid groups (broad SMARTS) is 1. The summed E-state index contributed by atoms with van der Waals surface area (Å²) in [5.74, 6) is -2.83. The summed E-state index contributed by atoms with van der Waals surface area (Å²) in [4.78, 5) is 35.5. The van der Waals surface area contributed by atoms with Crippen LogP contribution in [0.4, 0.5) is 5.69 Å². The zero-order valence-electron chi connectivity index (χ0n) is 14.2. The Bertz CT molecular complexity index is 612. The van der Waals surface area contributed by atoms with Crippen molar-refractivity contribution < 1.29 is 29.0 Å².